The Labute approximate surface area is 148 Å². The molecule has 0 aromatic carbocycles. The van der Waals surface area contributed by atoms with E-state index in [1.807, 2.05) is 4.90 Å². The third-order valence-corrected chi connectivity index (χ3v) is 5.23. The maximum atomic E-state index is 12.6. The predicted octanol–water partition coefficient (Wildman–Crippen LogP) is 2.28. The van der Waals surface area contributed by atoms with Gasteiger partial charge in [0.1, 0.15) is 11.4 Å². The van der Waals surface area contributed by atoms with Gasteiger partial charge < -0.3 is 20.3 Å². The first-order chi connectivity index (χ1) is 11.9. The normalized spacial score (nSPS) is 20.6. The van der Waals surface area contributed by atoms with Crippen LogP contribution in [0.3, 0.4) is 0 Å². The Hall–Kier alpha value is -2.31. The Kier molecular flexibility index (Phi) is 4.83. The number of pyridine rings is 1. The van der Waals surface area contributed by atoms with E-state index in [1.165, 1.54) is 6.20 Å². The van der Waals surface area contributed by atoms with Crippen LogP contribution < -0.4 is 5.73 Å². The lowest BCUT2D eigenvalue weighted by molar-refractivity contribution is 0.00306. The fourth-order valence-corrected chi connectivity index (χ4v) is 3.65. The van der Waals surface area contributed by atoms with Crippen molar-refractivity contribution < 1.29 is 14.3 Å². The summed E-state index contributed by atoms with van der Waals surface area (Å²) in [6.07, 6.45) is 4.63. The highest BCUT2D eigenvalue weighted by Gasteiger charge is 2.48. The van der Waals surface area contributed by atoms with Crippen molar-refractivity contribution in [2.24, 2.45) is 0 Å². The van der Waals surface area contributed by atoms with E-state index in [1.54, 1.807) is 17.0 Å². The van der Waals surface area contributed by atoms with Crippen LogP contribution in [0.15, 0.2) is 18.3 Å². The molecule has 2 fully saturated rings. The molecule has 1 aromatic heterocycles. The average molecular weight is 346 g/mol. The number of anilines is 1. The molecule has 0 aliphatic carbocycles. The van der Waals surface area contributed by atoms with Gasteiger partial charge in [0.25, 0.3) is 5.91 Å². The van der Waals surface area contributed by atoms with E-state index >= 15 is 0 Å². The number of piperidine rings is 1. The molecular formula is C18H26N4O3. The number of rotatable bonds is 4. The molecule has 1 atom stereocenters. The maximum Gasteiger partial charge on any atom is 0.410 e. The van der Waals surface area contributed by atoms with Crippen LogP contribution in [0.1, 0.15) is 49.9 Å². The lowest BCUT2D eigenvalue weighted by atomic mass is 9.90. The highest BCUT2D eigenvalue weighted by atomic mass is 16.6. The molecule has 2 aliphatic heterocycles. The van der Waals surface area contributed by atoms with E-state index in [0.717, 1.165) is 12.8 Å². The van der Waals surface area contributed by atoms with E-state index in [-0.39, 0.29) is 18.0 Å². The van der Waals surface area contributed by atoms with E-state index in [0.29, 0.717) is 43.9 Å². The first kappa shape index (κ1) is 17.5. The fraction of sp³-hybridized carbons (Fsp3) is 0.611. The number of amides is 2. The molecule has 2 aliphatic rings. The Morgan fingerprint density at radius 2 is 2.12 bits per heavy atom. The molecule has 0 unspecified atom stereocenters. The van der Waals surface area contributed by atoms with Crippen LogP contribution in [0.4, 0.5) is 10.6 Å². The van der Waals surface area contributed by atoms with E-state index < -0.39 is 5.60 Å². The lowest BCUT2D eigenvalue weighted by Gasteiger charge is -2.37. The SMILES string of the molecule is CCC[C@H](C)N1CC2(CCN(C(=O)c3ccc(N)nc3)CC2)OC1=O. The summed E-state index contributed by atoms with van der Waals surface area (Å²) in [7, 11) is 0. The van der Waals surface area contributed by atoms with E-state index in [9.17, 15) is 9.59 Å². The quantitative estimate of drug-likeness (QED) is 0.903. The number of hydrogen-bond donors (Lipinski definition) is 1. The van der Waals surface area contributed by atoms with Crippen molar-refractivity contribution in [2.75, 3.05) is 25.4 Å². The molecule has 7 heteroatoms. The van der Waals surface area contributed by atoms with Crippen LogP contribution in [-0.2, 0) is 4.74 Å². The van der Waals surface area contributed by atoms with Gasteiger partial charge in [-0.2, -0.15) is 0 Å². The lowest BCUT2D eigenvalue weighted by Crippen LogP contribution is -2.49. The smallest absolute Gasteiger partial charge is 0.410 e. The number of nitrogens with zero attached hydrogens (tertiary/aromatic N) is 3. The summed E-state index contributed by atoms with van der Waals surface area (Å²) in [5, 5.41) is 0. The van der Waals surface area contributed by atoms with Gasteiger partial charge >= 0.3 is 6.09 Å². The van der Waals surface area contributed by atoms with Gasteiger partial charge in [-0.1, -0.05) is 13.3 Å². The third kappa shape index (κ3) is 3.55. The van der Waals surface area contributed by atoms with E-state index in [4.69, 9.17) is 10.5 Å². The monoisotopic (exact) mass is 346 g/mol. The second kappa shape index (κ2) is 6.90. The van der Waals surface area contributed by atoms with Gasteiger partial charge in [0.05, 0.1) is 12.1 Å². The number of carbonyl (C=O) groups excluding carboxylic acids is 2. The zero-order chi connectivity index (χ0) is 18.0. The largest absolute Gasteiger partial charge is 0.441 e. The third-order valence-electron chi connectivity index (χ3n) is 5.23. The molecule has 2 N–H and O–H groups in total. The van der Waals surface area contributed by atoms with Gasteiger partial charge in [0.2, 0.25) is 0 Å². The van der Waals surface area contributed by atoms with Crippen molar-refractivity contribution >= 4 is 17.8 Å². The van der Waals surface area contributed by atoms with Gasteiger partial charge in [0, 0.05) is 38.2 Å². The molecule has 0 radical (unpaired) electrons. The molecule has 0 saturated carbocycles. The summed E-state index contributed by atoms with van der Waals surface area (Å²) in [5.74, 6) is 0.344. The van der Waals surface area contributed by atoms with Gasteiger partial charge in [-0.25, -0.2) is 9.78 Å². The first-order valence-electron chi connectivity index (χ1n) is 8.94. The van der Waals surface area contributed by atoms with Crippen LogP contribution in [0.2, 0.25) is 0 Å². The second-order valence-corrected chi connectivity index (χ2v) is 7.08. The molecule has 25 heavy (non-hydrogen) atoms. The molecule has 3 heterocycles. The van der Waals surface area contributed by atoms with Crippen LogP contribution >= 0.6 is 0 Å². The maximum absolute atomic E-state index is 12.6. The molecular weight excluding hydrogens is 320 g/mol. The summed E-state index contributed by atoms with van der Waals surface area (Å²) >= 11 is 0. The van der Waals surface area contributed by atoms with Gasteiger partial charge in [-0.3, -0.25) is 4.79 Å². The minimum atomic E-state index is -0.449. The Balaban J connectivity index is 1.61. The number of nitrogens with two attached hydrogens (primary N) is 1. The zero-order valence-corrected chi connectivity index (χ0v) is 14.9. The minimum absolute atomic E-state index is 0.0529. The topological polar surface area (TPSA) is 88.8 Å². The Bertz CT molecular complexity index is 638. The van der Waals surface area contributed by atoms with Gasteiger partial charge in [-0.15, -0.1) is 0 Å². The average Bonchev–Trinajstić information content (AvgIpc) is 2.92. The number of carbonyl (C=O) groups is 2. The molecule has 3 rings (SSSR count). The summed E-state index contributed by atoms with van der Waals surface area (Å²) in [6.45, 7) is 5.96. The van der Waals surface area contributed by atoms with Crippen LogP contribution in [0.5, 0.6) is 0 Å². The fourth-order valence-electron chi connectivity index (χ4n) is 3.65. The minimum Gasteiger partial charge on any atom is -0.441 e. The predicted molar refractivity (Wildman–Crippen MR) is 94.1 cm³/mol. The van der Waals surface area contributed by atoms with Crippen molar-refractivity contribution in [3.05, 3.63) is 23.9 Å². The van der Waals surface area contributed by atoms with Crippen LogP contribution in [-0.4, -0.2) is 58.1 Å². The van der Waals surface area contributed by atoms with Crippen molar-refractivity contribution in [3.8, 4) is 0 Å². The molecule has 7 nitrogen and oxygen atoms in total. The number of nitrogen functional groups attached to an aromatic ring is 1. The molecule has 0 bridgehead atoms. The van der Waals surface area contributed by atoms with E-state index in [2.05, 4.69) is 18.8 Å². The number of aromatic nitrogens is 1. The highest BCUT2D eigenvalue weighted by Crippen LogP contribution is 2.35. The van der Waals surface area contributed by atoms with Gasteiger partial charge in [0.15, 0.2) is 0 Å². The summed E-state index contributed by atoms with van der Waals surface area (Å²) in [5.41, 5.74) is 5.65. The summed E-state index contributed by atoms with van der Waals surface area (Å²) < 4.78 is 5.74. The van der Waals surface area contributed by atoms with Crippen molar-refractivity contribution in [3.63, 3.8) is 0 Å². The van der Waals surface area contributed by atoms with Gasteiger partial charge in [-0.05, 0) is 25.5 Å². The number of likely N-dealkylation sites (tertiary alicyclic amines) is 1. The molecule has 136 valence electrons. The van der Waals surface area contributed by atoms with Crippen molar-refractivity contribution in [1.82, 2.24) is 14.8 Å². The highest BCUT2D eigenvalue weighted by molar-refractivity contribution is 5.94. The Morgan fingerprint density at radius 3 is 2.72 bits per heavy atom. The van der Waals surface area contributed by atoms with Crippen LogP contribution in [0.25, 0.3) is 0 Å². The molecule has 2 saturated heterocycles. The zero-order valence-electron chi connectivity index (χ0n) is 14.9. The first-order valence-corrected chi connectivity index (χ1v) is 8.94. The molecule has 1 aromatic rings. The number of hydrogen-bond acceptors (Lipinski definition) is 5. The summed E-state index contributed by atoms with van der Waals surface area (Å²) in [4.78, 5) is 32.4. The number of ether oxygens (including phenoxy) is 1. The van der Waals surface area contributed by atoms with Crippen molar-refractivity contribution in [1.29, 1.82) is 0 Å². The second-order valence-electron chi connectivity index (χ2n) is 7.08. The standard InChI is InChI=1S/C18H26N4O3/c1-3-4-13(2)22-12-18(25-17(22)24)7-9-21(10-8-18)16(23)14-5-6-15(19)20-11-14/h5-6,11,13H,3-4,7-10,12H2,1-2H3,(H2,19,20)/t13-/m0/s1. The molecule has 1 spiro atoms. The Morgan fingerprint density at radius 1 is 1.40 bits per heavy atom. The van der Waals surface area contributed by atoms with Crippen LogP contribution in [0, 0.1) is 0 Å². The summed E-state index contributed by atoms with van der Waals surface area (Å²) in [6, 6.07) is 3.51. The molecule has 2 amide bonds. The van der Waals surface area contributed by atoms with Crippen molar-refractivity contribution in [2.45, 2.75) is 51.2 Å².